The van der Waals surface area contributed by atoms with Crippen molar-refractivity contribution in [3.05, 3.63) is 11.6 Å². The first-order valence-corrected chi connectivity index (χ1v) is 5.53. The van der Waals surface area contributed by atoms with Crippen LogP contribution in [0, 0.1) is 5.41 Å². The van der Waals surface area contributed by atoms with Gasteiger partial charge in [0, 0.05) is 25.7 Å². The molecule has 2 N–H and O–H groups in total. The molecule has 1 aliphatic rings. The van der Waals surface area contributed by atoms with Gasteiger partial charge in [-0.15, -0.1) is 0 Å². The third kappa shape index (κ3) is 3.43. The van der Waals surface area contributed by atoms with Crippen LogP contribution < -0.4 is 5.73 Å². The second-order valence-corrected chi connectivity index (χ2v) is 5.55. The van der Waals surface area contributed by atoms with E-state index in [1.54, 1.807) is 0 Å². The lowest BCUT2D eigenvalue weighted by molar-refractivity contribution is 0.207. The van der Waals surface area contributed by atoms with E-state index in [0.29, 0.717) is 0 Å². The Kier molecular flexibility index (Phi) is 3.73. The Balaban J connectivity index is 2.42. The third-order valence-electron chi connectivity index (χ3n) is 2.98. The van der Waals surface area contributed by atoms with Gasteiger partial charge in [0.05, 0.1) is 0 Å². The maximum absolute atomic E-state index is 6.17. The zero-order valence-corrected chi connectivity index (χ0v) is 10.0. The summed E-state index contributed by atoms with van der Waals surface area (Å²) >= 11 is 0. The average Bonchev–Trinajstić information content (AvgIpc) is 2.02. The van der Waals surface area contributed by atoms with Gasteiger partial charge in [-0.3, -0.25) is 4.90 Å². The van der Waals surface area contributed by atoms with Crippen molar-refractivity contribution in [1.82, 2.24) is 4.90 Å². The minimum absolute atomic E-state index is 0.217. The fraction of sp³-hybridized carbons (Fsp3) is 0.833. The Morgan fingerprint density at radius 3 is 2.64 bits per heavy atom. The molecule has 82 valence electrons. The van der Waals surface area contributed by atoms with Crippen molar-refractivity contribution in [2.24, 2.45) is 11.1 Å². The van der Waals surface area contributed by atoms with Crippen LogP contribution in [0.4, 0.5) is 0 Å². The predicted octanol–water partition coefficient (Wildman–Crippen LogP) is 2.01. The summed E-state index contributed by atoms with van der Waals surface area (Å²) in [5, 5.41) is 0. The maximum Gasteiger partial charge on any atom is 0.0217 e. The Morgan fingerprint density at radius 1 is 1.50 bits per heavy atom. The van der Waals surface area contributed by atoms with Gasteiger partial charge in [-0.25, -0.2) is 0 Å². The minimum Gasteiger partial charge on any atom is -0.326 e. The van der Waals surface area contributed by atoms with Crippen LogP contribution in [0.25, 0.3) is 0 Å². The molecular formula is C12H24N2. The summed E-state index contributed by atoms with van der Waals surface area (Å²) in [7, 11) is 0. The molecule has 2 heteroatoms. The highest BCUT2D eigenvalue weighted by Crippen LogP contribution is 2.19. The largest absolute Gasteiger partial charge is 0.326 e. The first-order chi connectivity index (χ1) is 6.39. The molecule has 14 heavy (non-hydrogen) atoms. The van der Waals surface area contributed by atoms with E-state index in [-0.39, 0.29) is 11.5 Å². The lowest BCUT2D eigenvalue weighted by Gasteiger charge is -2.34. The molecule has 0 fully saturated rings. The first kappa shape index (κ1) is 11.7. The zero-order chi connectivity index (χ0) is 10.8. The standard InChI is InChI=1S/C12H24N2/c1-10-6-5-7-14(8-10)9-11(13)12(2,3)4/h6,11H,5,7-9,13H2,1-4H3/t11-/m0/s1. The fourth-order valence-electron chi connectivity index (χ4n) is 1.70. The number of hydrogen-bond acceptors (Lipinski definition) is 2. The number of nitrogens with two attached hydrogens (primary N) is 1. The van der Waals surface area contributed by atoms with Gasteiger partial charge < -0.3 is 5.73 Å². The molecule has 0 aromatic carbocycles. The highest BCUT2D eigenvalue weighted by molar-refractivity contribution is 5.05. The number of nitrogens with zero attached hydrogens (tertiary/aromatic N) is 1. The molecule has 0 amide bonds. The molecule has 1 aliphatic heterocycles. The Morgan fingerprint density at radius 2 is 2.14 bits per heavy atom. The molecular weight excluding hydrogens is 172 g/mol. The van der Waals surface area contributed by atoms with Crippen molar-refractivity contribution in [3.8, 4) is 0 Å². The zero-order valence-electron chi connectivity index (χ0n) is 10.0. The molecule has 0 saturated heterocycles. The van der Waals surface area contributed by atoms with E-state index >= 15 is 0 Å². The molecule has 0 aromatic rings. The Bertz CT molecular complexity index is 213. The Labute approximate surface area is 88.2 Å². The van der Waals surface area contributed by atoms with E-state index in [9.17, 15) is 0 Å². The van der Waals surface area contributed by atoms with Crippen molar-refractivity contribution in [3.63, 3.8) is 0 Å². The van der Waals surface area contributed by atoms with E-state index < -0.39 is 0 Å². The van der Waals surface area contributed by atoms with Crippen LogP contribution in [-0.2, 0) is 0 Å². The lowest BCUT2D eigenvalue weighted by atomic mass is 9.87. The molecule has 0 radical (unpaired) electrons. The van der Waals surface area contributed by atoms with E-state index in [4.69, 9.17) is 5.73 Å². The second kappa shape index (κ2) is 4.45. The van der Waals surface area contributed by atoms with Gasteiger partial charge in [-0.05, 0) is 18.8 Å². The lowest BCUT2D eigenvalue weighted by Crippen LogP contribution is -2.46. The summed E-state index contributed by atoms with van der Waals surface area (Å²) in [6.07, 6.45) is 3.52. The molecule has 0 aromatic heterocycles. The molecule has 1 rings (SSSR count). The highest BCUT2D eigenvalue weighted by Gasteiger charge is 2.23. The molecule has 2 nitrogen and oxygen atoms in total. The van der Waals surface area contributed by atoms with Gasteiger partial charge in [-0.2, -0.15) is 0 Å². The minimum atomic E-state index is 0.217. The first-order valence-electron chi connectivity index (χ1n) is 5.53. The van der Waals surface area contributed by atoms with Crippen LogP contribution >= 0.6 is 0 Å². The molecule has 0 spiro atoms. The molecule has 1 heterocycles. The van der Waals surface area contributed by atoms with Gasteiger partial charge in [-0.1, -0.05) is 32.4 Å². The summed E-state index contributed by atoms with van der Waals surface area (Å²) in [6, 6.07) is 0.272. The van der Waals surface area contributed by atoms with E-state index in [1.165, 1.54) is 18.5 Å². The summed E-state index contributed by atoms with van der Waals surface area (Å²) in [5.74, 6) is 0. The fourth-order valence-corrected chi connectivity index (χ4v) is 1.70. The monoisotopic (exact) mass is 196 g/mol. The predicted molar refractivity (Wildman–Crippen MR) is 62.2 cm³/mol. The van der Waals surface area contributed by atoms with Crippen LogP contribution in [0.2, 0.25) is 0 Å². The second-order valence-electron chi connectivity index (χ2n) is 5.55. The van der Waals surface area contributed by atoms with Gasteiger partial charge in [0.15, 0.2) is 0 Å². The molecule has 1 atom stereocenters. The van der Waals surface area contributed by atoms with E-state index in [2.05, 4.69) is 38.7 Å². The van der Waals surface area contributed by atoms with Gasteiger partial charge in [0.25, 0.3) is 0 Å². The van der Waals surface area contributed by atoms with Gasteiger partial charge >= 0.3 is 0 Å². The molecule has 0 unspecified atom stereocenters. The topological polar surface area (TPSA) is 29.3 Å². The van der Waals surface area contributed by atoms with Crippen molar-refractivity contribution in [2.75, 3.05) is 19.6 Å². The Hall–Kier alpha value is -0.340. The SMILES string of the molecule is CC1=CCCN(C[C@H](N)C(C)(C)C)C1. The van der Waals surface area contributed by atoms with Crippen LogP contribution in [0.15, 0.2) is 11.6 Å². The van der Waals surface area contributed by atoms with Crippen molar-refractivity contribution < 1.29 is 0 Å². The van der Waals surface area contributed by atoms with Crippen molar-refractivity contribution in [1.29, 1.82) is 0 Å². The van der Waals surface area contributed by atoms with Crippen molar-refractivity contribution in [2.45, 2.75) is 40.2 Å². The van der Waals surface area contributed by atoms with Crippen molar-refractivity contribution >= 4 is 0 Å². The average molecular weight is 196 g/mol. The van der Waals surface area contributed by atoms with Gasteiger partial charge in [0.1, 0.15) is 0 Å². The van der Waals surface area contributed by atoms with Gasteiger partial charge in [0.2, 0.25) is 0 Å². The normalized spacial score (nSPS) is 21.9. The highest BCUT2D eigenvalue weighted by atomic mass is 15.1. The number of hydrogen-bond donors (Lipinski definition) is 1. The van der Waals surface area contributed by atoms with Crippen LogP contribution in [-0.4, -0.2) is 30.6 Å². The quantitative estimate of drug-likeness (QED) is 0.685. The van der Waals surface area contributed by atoms with Crippen LogP contribution in [0.3, 0.4) is 0 Å². The van der Waals surface area contributed by atoms with E-state index in [0.717, 1.165) is 13.1 Å². The molecule has 0 bridgehead atoms. The summed E-state index contributed by atoms with van der Waals surface area (Å²) in [5.41, 5.74) is 7.87. The van der Waals surface area contributed by atoms with Crippen LogP contribution in [0.5, 0.6) is 0 Å². The summed E-state index contributed by atoms with van der Waals surface area (Å²) in [6.45, 7) is 12.1. The maximum atomic E-state index is 6.17. The van der Waals surface area contributed by atoms with E-state index in [1.807, 2.05) is 0 Å². The number of rotatable bonds is 2. The summed E-state index contributed by atoms with van der Waals surface area (Å²) in [4.78, 5) is 2.46. The summed E-state index contributed by atoms with van der Waals surface area (Å²) < 4.78 is 0. The van der Waals surface area contributed by atoms with Crippen LogP contribution in [0.1, 0.15) is 34.1 Å². The third-order valence-corrected chi connectivity index (χ3v) is 2.98. The molecule has 0 saturated carbocycles. The molecule has 0 aliphatic carbocycles. The smallest absolute Gasteiger partial charge is 0.0217 e.